The van der Waals surface area contributed by atoms with Crippen LogP contribution >= 0.6 is 0 Å². The van der Waals surface area contributed by atoms with Gasteiger partial charge in [0.25, 0.3) is 0 Å². The van der Waals surface area contributed by atoms with Gasteiger partial charge in [-0.1, -0.05) is 146 Å². The van der Waals surface area contributed by atoms with Crippen molar-refractivity contribution in [3.63, 3.8) is 0 Å². The number of hydrogen-bond donors (Lipinski definition) is 0. The first kappa shape index (κ1) is 34.3. The minimum Gasteiger partial charge on any atom is -0.149 e. The van der Waals surface area contributed by atoms with Crippen molar-refractivity contribution in [2.45, 2.75) is 98.3 Å². The summed E-state index contributed by atoms with van der Waals surface area (Å²) < 4.78 is 0. The Morgan fingerprint density at radius 2 is 0.826 bits per heavy atom. The SMILES string of the molecule is CCc1[cH-]c2cccc(-c3ccc(C(C)(C)C)cc3)c2c1C(C)(C)c1c(CC)[cH-]c2cccc(-c3ccc(C(C)(C)C)cc3)c12.[Zr+2]. The Morgan fingerprint density at radius 3 is 1.13 bits per heavy atom. The summed E-state index contributed by atoms with van der Waals surface area (Å²) in [7, 11) is 0. The fraction of sp³-hybridized carbons (Fsp3) is 0.333. The largest absolute Gasteiger partial charge is 2.00 e. The van der Waals surface area contributed by atoms with E-state index < -0.39 is 0 Å². The quantitative estimate of drug-likeness (QED) is 0.154. The molecule has 6 rings (SSSR count). The van der Waals surface area contributed by atoms with E-state index in [1.165, 1.54) is 77.2 Å². The minimum atomic E-state index is -0.205. The topological polar surface area (TPSA) is 0 Å². The molecule has 6 aromatic carbocycles. The van der Waals surface area contributed by atoms with Crippen LogP contribution in [0.2, 0.25) is 0 Å². The van der Waals surface area contributed by atoms with Gasteiger partial charge < -0.3 is 0 Å². The first-order chi connectivity index (χ1) is 21.3. The van der Waals surface area contributed by atoms with Crippen LogP contribution < -0.4 is 0 Å². The van der Waals surface area contributed by atoms with Crippen LogP contribution in [0.25, 0.3) is 43.8 Å². The number of aryl methyl sites for hydroxylation is 2. The molecule has 0 aliphatic heterocycles. The fourth-order valence-electron chi connectivity index (χ4n) is 7.67. The molecule has 0 saturated carbocycles. The van der Waals surface area contributed by atoms with E-state index in [4.69, 9.17) is 0 Å². The molecule has 0 radical (unpaired) electrons. The Balaban J connectivity index is 0.00000417. The summed E-state index contributed by atoms with van der Waals surface area (Å²) >= 11 is 0. The van der Waals surface area contributed by atoms with E-state index >= 15 is 0 Å². The molecule has 0 bridgehead atoms. The maximum absolute atomic E-state index is 2.48. The monoisotopic (exact) mass is 680 g/mol. The Morgan fingerprint density at radius 1 is 0.478 bits per heavy atom. The number of hydrogen-bond acceptors (Lipinski definition) is 0. The Labute approximate surface area is 297 Å². The van der Waals surface area contributed by atoms with Gasteiger partial charge in [0.2, 0.25) is 0 Å². The molecular formula is C45H50Zr. The van der Waals surface area contributed by atoms with Crippen molar-refractivity contribution in [1.82, 2.24) is 0 Å². The van der Waals surface area contributed by atoms with Crippen LogP contribution in [-0.2, 0) is 55.3 Å². The summed E-state index contributed by atoms with van der Waals surface area (Å²) in [6, 6.07) is 37.3. The summed E-state index contributed by atoms with van der Waals surface area (Å²) in [5.41, 5.74) is 13.9. The zero-order valence-electron chi connectivity index (χ0n) is 29.7. The molecular weight excluding hydrogens is 632 g/mol. The van der Waals surface area contributed by atoms with Crippen LogP contribution in [0.5, 0.6) is 0 Å². The predicted octanol–water partition coefficient (Wildman–Crippen LogP) is 12.8. The summed E-state index contributed by atoms with van der Waals surface area (Å²) in [5.74, 6) is 0. The van der Waals surface area contributed by atoms with Crippen molar-refractivity contribution in [3.8, 4) is 22.3 Å². The molecule has 0 nitrogen and oxygen atoms in total. The van der Waals surface area contributed by atoms with Crippen molar-refractivity contribution in [2.24, 2.45) is 0 Å². The molecule has 0 aromatic heterocycles. The molecule has 0 aliphatic carbocycles. The van der Waals surface area contributed by atoms with E-state index in [0.717, 1.165) is 12.8 Å². The van der Waals surface area contributed by atoms with E-state index in [-0.39, 0.29) is 42.4 Å². The van der Waals surface area contributed by atoms with Gasteiger partial charge in [0.15, 0.2) is 0 Å². The zero-order valence-corrected chi connectivity index (χ0v) is 32.1. The van der Waals surface area contributed by atoms with Crippen LogP contribution in [-0.4, -0.2) is 0 Å². The normalized spacial score (nSPS) is 12.6. The predicted molar refractivity (Wildman–Crippen MR) is 198 cm³/mol. The van der Waals surface area contributed by atoms with Gasteiger partial charge in [-0.25, -0.2) is 0 Å². The summed E-state index contributed by atoms with van der Waals surface area (Å²) in [6.45, 7) is 23.3. The van der Waals surface area contributed by atoms with Gasteiger partial charge in [-0.3, -0.25) is 0 Å². The molecule has 0 unspecified atom stereocenters. The van der Waals surface area contributed by atoms with E-state index in [1.807, 2.05) is 0 Å². The fourth-order valence-corrected chi connectivity index (χ4v) is 7.67. The standard InChI is InChI=1S/C45H50.Zr/c1-11-29-27-33-15-13-17-37(31-19-23-35(24-20-31)43(3,4)5)39(33)41(29)45(9,10)42-30(12-2)28-34-16-14-18-38(40(34)42)32-21-25-36(26-22-32)44(6,7)8;/h13-28H,11-12H2,1-10H3;/q-2;+2. The number of fused-ring (bicyclic) bond motifs is 2. The molecule has 0 amide bonds. The van der Waals surface area contributed by atoms with Crippen LogP contribution in [0.4, 0.5) is 0 Å². The zero-order chi connectivity index (χ0) is 32.3. The van der Waals surface area contributed by atoms with Gasteiger partial charge in [0.1, 0.15) is 0 Å². The van der Waals surface area contributed by atoms with Crippen LogP contribution in [0.3, 0.4) is 0 Å². The molecule has 234 valence electrons. The molecule has 46 heavy (non-hydrogen) atoms. The van der Waals surface area contributed by atoms with Crippen molar-refractivity contribution in [1.29, 1.82) is 0 Å². The third-order valence-corrected chi connectivity index (χ3v) is 10.1. The average molecular weight is 682 g/mol. The van der Waals surface area contributed by atoms with Crippen LogP contribution in [0.15, 0.2) is 97.1 Å². The molecule has 1 heteroatoms. The first-order valence-corrected chi connectivity index (χ1v) is 16.9. The second kappa shape index (κ2) is 12.5. The van der Waals surface area contributed by atoms with Gasteiger partial charge in [-0.2, -0.15) is 0 Å². The molecule has 0 aliphatic rings. The molecule has 0 atom stereocenters. The second-order valence-electron chi connectivity index (χ2n) is 15.6. The number of rotatable bonds is 6. The van der Waals surface area contributed by atoms with Crippen molar-refractivity contribution < 1.29 is 26.2 Å². The summed E-state index contributed by atoms with van der Waals surface area (Å²) in [4.78, 5) is 0. The van der Waals surface area contributed by atoms with E-state index in [1.54, 1.807) is 0 Å². The first-order valence-electron chi connectivity index (χ1n) is 16.9. The van der Waals surface area contributed by atoms with Crippen LogP contribution in [0.1, 0.15) is 103 Å². The molecule has 0 N–H and O–H groups in total. The van der Waals surface area contributed by atoms with Crippen molar-refractivity contribution >= 4 is 21.5 Å². The molecule has 0 saturated heterocycles. The maximum Gasteiger partial charge on any atom is 2.00 e. The maximum atomic E-state index is 2.48. The molecule has 6 aromatic rings. The van der Waals surface area contributed by atoms with E-state index in [9.17, 15) is 0 Å². The Hall–Kier alpha value is -3.02. The van der Waals surface area contributed by atoms with Gasteiger partial charge in [0.05, 0.1) is 0 Å². The van der Waals surface area contributed by atoms with Gasteiger partial charge in [-0.15, -0.1) is 80.2 Å². The van der Waals surface area contributed by atoms with Crippen LogP contribution in [0, 0.1) is 0 Å². The van der Waals surface area contributed by atoms with E-state index in [0.29, 0.717) is 0 Å². The third-order valence-electron chi connectivity index (χ3n) is 10.1. The molecule has 0 spiro atoms. The smallest absolute Gasteiger partial charge is 0.149 e. The minimum absolute atomic E-state index is 0. The number of benzene rings is 4. The molecule has 0 fully saturated rings. The van der Waals surface area contributed by atoms with E-state index in [2.05, 4.69) is 166 Å². The average Bonchev–Trinajstić information content (AvgIpc) is 3.60. The molecule has 0 heterocycles. The Kier molecular flexibility index (Phi) is 9.36. The summed E-state index contributed by atoms with van der Waals surface area (Å²) in [6.07, 6.45) is 2.02. The van der Waals surface area contributed by atoms with Crippen molar-refractivity contribution in [3.05, 3.63) is 130 Å². The second-order valence-corrected chi connectivity index (χ2v) is 15.6. The van der Waals surface area contributed by atoms with Gasteiger partial charge >= 0.3 is 26.2 Å². The van der Waals surface area contributed by atoms with Gasteiger partial charge in [0, 0.05) is 0 Å². The third kappa shape index (κ3) is 5.94. The van der Waals surface area contributed by atoms with Crippen molar-refractivity contribution in [2.75, 3.05) is 0 Å². The van der Waals surface area contributed by atoms with Gasteiger partial charge in [-0.05, 0) is 45.9 Å². The summed E-state index contributed by atoms with van der Waals surface area (Å²) in [5, 5.41) is 5.51. The Bertz CT molecular complexity index is 1830.